The maximum atomic E-state index is 12.8. The summed E-state index contributed by atoms with van der Waals surface area (Å²) in [7, 11) is 0. The van der Waals surface area contributed by atoms with Crippen molar-refractivity contribution in [2.24, 2.45) is 0 Å². The molecule has 0 saturated heterocycles. The minimum absolute atomic E-state index is 0.0179. The number of rotatable bonds is 4. The van der Waals surface area contributed by atoms with Gasteiger partial charge in [0.05, 0.1) is 17.8 Å². The molecule has 0 saturated carbocycles. The first-order valence-electron chi connectivity index (χ1n) is 7.50. The van der Waals surface area contributed by atoms with Crippen LogP contribution in [-0.4, -0.2) is 38.7 Å². The number of halogens is 6. The predicted octanol–water partition coefficient (Wildman–Crippen LogP) is 3.90. The molecule has 0 unspecified atom stereocenters. The van der Waals surface area contributed by atoms with E-state index in [0.29, 0.717) is 13.0 Å². The van der Waals surface area contributed by atoms with E-state index in [2.05, 4.69) is 15.5 Å². The molecule has 0 radical (unpaired) electrons. The van der Waals surface area contributed by atoms with Crippen LogP contribution in [0.5, 0.6) is 5.75 Å². The molecule has 148 valence electrons. The van der Waals surface area contributed by atoms with E-state index in [4.69, 9.17) is 0 Å². The molecule has 0 amide bonds. The Morgan fingerprint density at radius 2 is 1.67 bits per heavy atom. The smallest absolute Gasteiger partial charge is 0.418 e. The van der Waals surface area contributed by atoms with Gasteiger partial charge in [0.25, 0.3) is 0 Å². The van der Waals surface area contributed by atoms with Crippen molar-refractivity contribution < 1.29 is 36.6 Å². The quantitative estimate of drug-likeness (QED) is 0.685. The number of aryl methyl sites for hydroxylation is 1. The molecule has 2 rings (SSSR count). The number of nitrogens with zero attached hydrogens (tertiary/aromatic N) is 2. The lowest BCUT2D eigenvalue weighted by atomic mass is 10.0. The van der Waals surface area contributed by atoms with Gasteiger partial charge in [-0.1, -0.05) is 0 Å². The van der Waals surface area contributed by atoms with E-state index < -0.39 is 35.8 Å². The average molecular weight is 395 g/mol. The summed E-state index contributed by atoms with van der Waals surface area (Å²) in [4.78, 5) is 0. The molecule has 1 atom stereocenters. The van der Waals surface area contributed by atoms with Gasteiger partial charge in [-0.25, -0.2) is 0 Å². The van der Waals surface area contributed by atoms with Crippen LogP contribution in [0.2, 0.25) is 0 Å². The van der Waals surface area contributed by atoms with Crippen molar-refractivity contribution in [1.29, 1.82) is 0 Å². The molecule has 27 heavy (non-hydrogen) atoms. The van der Waals surface area contributed by atoms with Crippen LogP contribution in [0.15, 0.2) is 24.3 Å². The molecule has 0 bridgehead atoms. The highest BCUT2D eigenvalue weighted by Crippen LogP contribution is 2.38. The second-order valence-corrected chi connectivity index (χ2v) is 6.11. The molecule has 0 aliphatic rings. The fraction of sp³-hybridized carbons (Fsp3) is 0.375. The summed E-state index contributed by atoms with van der Waals surface area (Å²) in [5.41, 5.74) is -3.87. The number of aromatic hydroxyl groups is 1. The summed E-state index contributed by atoms with van der Waals surface area (Å²) in [5, 5.41) is 28.9. The number of hydrogen-bond donors (Lipinski definition) is 3. The molecule has 0 fully saturated rings. The number of benzene rings is 1. The Morgan fingerprint density at radius 1 is 1.04 bits per heavy atom. The third-order valence-corrected chi connectivity index (χ3v) is 3.79. The second kappa shape index (κ2) is 6.87. The molecule has 3 N–H and O–H groups in total. The zero-order valence-corrected chi connectivity index (χ0v) is 14.1. The van der Waals surface area contributed by atoms with Crippen molar-refractivity contribution in [3.05, 3.63) is 35.4 Å². The highest BCUT2D eigenvalue weighted by Gasteiger charge is 2.49. The van der Waals surface area contributed by atoms with E-state index in [-0.39, 0.29) is 22.6 Å². The lowest BCUT2D eigenvalue weighted by Crippen LogP contribution is -2.47. The fourth-order valence-corrected chi connectivity index (χ4v) is 2.19. The molecule has 1 heterocycles. The van der Waals surface area contributed by atoms with Crippen molar-refractivity contribution >= 4 is 5.82 Å². The van der Waals surface area contributed by atoms with E-state index in [0.717, 1.165) is 6.07 Å². The maximum Gasteiger partial charge on any atom is 0.418 e. The predicted molar refractivity (Wildman–Crippen MR) is 84.0 cm³/mol. The number of anilines is 1. The number of alkyl halides is 6. The first-order valence-corrected chi connectivity index (χ1v) is 7.50. The minimum atomic E-state index is -4.85. The van der Waals surface area contributed by atoms with Gasteiger partial charge in [0.1, 0.15) is 11.6 Å². The Balaban J connectivity index is 2.23. The van der Waals surface area contributed by atoms with Crippen molar-refractivity contribution in [2.75, 3.05) is 11.9 Å². The first-order chi connectivity index (χ1) is 12.2. The minimum Gasteiger partial charge on any atom is -0.507 e. The molecular formula is C16H15F6N3O2. The molecule has 2 aromatic rings. The normalized spacial score (nSPS) is 14.7. The largest absolute Gasteiger partial charge is 0.507 e. The number of hydrogen-bond acceptors (Lipinski definition) is 5. The van der Waals surface area contributed by atoms with Gasteiger partial charge in [-0.3, -0.25) is 0 Å². The lowest BCUT2D eigenvalue weighted by molar-refractivity contribution is -0.246. The maximum absolute atomic E-state index is 12.8. The summed E-state index contributed by atoms with van der Waals surface area (Å²) >= 11 is 0. The van der Waals surface area contributed by atoms with Gasteiger partial charge in [0.2, 0.25) is 0 Å². The summed E-state index contributed by atoms with van der Waals surface area (Å²) in [5.74, 6) is -0.746. The van der Waals surface area contributed by atoms with Gasteiger partial charge < -0.3 is 15.5 Å². The molecule has 5 nitrogen and oxygen atoms in total. The summed E-state index contributed by atoms with van der Waals surface area (Å²) in [6.45, 7) is 1.05. The third kappa shape index (κ3) is 4.59. The molecule has 0 spiro atoms. The van der Waals surface area contributed by atoms with E-state index in [1.165, 1.54) is 19.1 Å². The Labute approximate surface area is 149 Å². The Hall–Kier alpha value is -2.56. The van der Waals surface area contributed by atoms with Crippen LogP contribution < -0.4 is 5.32 Å². The standard InChI is InChI=1S/C16H15F6N3O2/c1-8-5-9(15(17,18)19)6-11(26)13(8)10-3-4-12(25-24-10)23-7-14(2,27)16(20,21)22/h3-6,26-27H,7H2,1-2H3,(H,23,25)/t14-/m1/s1. The molecule has 1 aromatic heterocycles. The van der Waals surface area contributed by atoms with E-state index in [9.17, 15) is 36.6 Å². The SMILES string of the molecule is Cc1cc(C(F)(F)F)cc(O)c1-c1ccc(NC[C@@](C)(O)C(F)(F)F)nn1. The Bertz CT molecular complexity index is 793. The number of nitrogens with one attached hydrogen (secondary N) is 1. The van der Waals surface area contributed by atoms with Gasteiger partial charge in [-0.15, -0.1) is 10.2 Å². The van der Waals surface area contributed by atoms with Gasteiger partial charge in [-0.05, 0) is 43.7 Å². The Morgan fingerprint density at radius 3 is 2.11 bits per heavy atom. The molecule has 11 heteroatoms. The van der Waals surface area contributed by atoms with E-state index in [1.54, 1.807) is 0 Å². The number of aromatic nitrogens is 2. The van der Waals surface area contributed by atoms with Gasteiger partial charge in [-0.2, -0.15) is 26.3 Å². The van der Waals surface area contributed by atoms with Crippen LogP contribution in [0, 0.1) is 6.92 Å². The Kier molecular flexibility index (Phi) is 5.28. The van der Waals surface area contributed by atoms with Gasteiger partial charge >= 0.3 is 12.4 Å². The molecule has 1 aromatic carbocycles. The van der Waals surface area contributed by atoms with Crippen molar-refractivity contribution in [2.45, 2.75) is 31.8 Å². The number of phenols is 1. The zero-order valence-electron chi connectivity index (χ0n) is 14.1. The van der Waals surface area contributed by atoms with Crippen LogP contribution in [-0.2, 0) is 6.18 Å². The van der Waals surface area contributed by atoms with E-state index >= 15 is 0 Å². The first kappa shape index (κ1) is 20.7. The van der Waals surface area contributed by atoms with Crippen molar-refractivity contribution in [1.82, 2.24) is 10.2 Å². The lowest BCUT2D eigenvalue weighted by Gasteiger charge is -2.26. The number of aliphatic hydroxyl groups is 1. The zero-order chi connectivity index (χ0) is 20.6. The van der Waals surface area contributed by atoms with Crippen molar-refractivity contribution in [3.8, 4) is 17.0 Å². The van der Waals surface area contributed by atoms with Crippen molar-refractivity contribution in [3.63, 3.8) is 0 Å². The monoisotopic (exact) mass is 395 g/mol. The van der Waals surface area contributed by atoms with Gasteiger partial charge in [0.15, 0.2) is 5.60 Å². The van der Waals surface area contributed by atoms with Crippen LogP contribution in [0.3, 0.4) is 0 Å². The van der Waals surface area contributed by atoms with E-state index in [1.807, 2.05) is 0 Å². The summed E-state index contributed by atoms with van der Waals surface area (Å²) in [6.07, 6.45) is -9.48. The van der Waals surface area contributed by atoms with Crippen LogP contribution in [0.1, 0.15) is 18.1 Å². The summed E-state index contributed by atoms with van der Waals surface area (Å²) in [6, 6.07) is 3.89. The van der Waals surface area contributed by atoms with Gasteiger partial charge in [0, 0.05) is 5.56 Å². The fourth-order valence-electron chi connectivity index (χ4n) is 2.19. The highest BCUT2D eigenvalue weighted by atomic mass is 19.4. The topological polar surface area (TPSA) is 78.3 Å². The van der Waals surface area contributed by atoms with Crippen LogP contribution in [0.25, 0.3) is 11.3 Å². The number of phenolic OH excluding ortho intramolecular Hbond substituents is 1. The molecular weight excluding hydrogens is 380 g/mol. The molecule has 0 aliphatic carbocycles. The van der Waals surface area contributed by atoms with Crippen LogP contribution >= 0.6 is 0 Å². The second-order valence-electron chi connectivity index (χ2n) is 6.11. The average Bonchev–Trinajstić information content (AvgIpc) is 2.51. The van der Waals surface area contributed by atoms with Crippen LogP contribution in [0.4, 0.5) is 32.2 Å². The molecule has 0 aliphatic heterocycles. The highest BCUT2D eigenvalue weighted by molar-refractivity contribution is 5.71. The summed E-state index contributed by atoms with van der Waals surface area (Å²) < 4.78 is 76.0. The third-order valence-electron chi connectivity index (χ3n) is 3.79.